The number of hydrogen-bond donors (Lipinski definition) is 0. The Morgan fingerprint density at radius 3 is 2.87 bits per heavy atom. The van der Waals surface area contributed by atoms with Crippen LogP contribution in [0.25, 0.3) is 11.0 Å². The first kappa shape index (κ1) is 10.5. The highest BCUT2D eigenvalue weighted by Gasteiger charge is 2.16. The first-order valence-electron chi connectivity index (χ1n) is 4.41. The summed E-state index contributed by atoms with van der Waals surface area (Å²) in [6.45, 7) is 1.93. The number of furan rings is 1. The molecule has 0 aliphatic carbocycles. The summed E-state index contributed by atoms with van der Waals surface area (Å²) in [5, 5.41) is 0.841. The molecule has 0 radical (unpaired) electrons. The Balaban J connectivity index is 2.80. The van der Waals surface area contributed by atoms with Crippen molar-refractivity contribution in [3.63, 3.8) is 0 Å². The van der Waals surface area contributed by atoms with E-state index in [4.69, 9.17) is 9.15 Å². The van der Waals surface area contributed by atoms with Gasteiger partial charge in [0.05, 0.1) is 12.7 Å². The minimum Gasteiger partial charge on any atom is -0.465 e. The molecule has 2 aromatic rings. The lowest BCUT2D eigenvalue weighted by molar-refractivity contribution is 0.0603. The van der Waals surface area contributed by atoms with E-state index in [2.05, 4.69) is 22.6 Å². The van der Waals surface area contributed by atoms with Crippen molar-refractivity contribution < 1.29 is 13.9 Å². The van der Waals surface area contributed by atoms with Crippen LogP contribution in [0.5, 0.6) is 0 Å². The fourth-order valence-electron chi connectivity index (χ4n) is 1.55. The highest BCUT2D eigenvalue weighted by atomic mass is 127. The van der Waals surface area contributed by atoms with Crippen LogP contribution in [0.4, 0.5) is 0 Å². The molecule has 0 bridgehead atoms. The van der Waals surface area contributed by atoms with Gasteiger partial charge in [0, 0.05) is 10.9 Å². The normalized spacial score (nSPS) is 10.6. The molecule has 15 heavy (non-hydrogen) atoms. The number of methoxy groups -OCH3 is 1. The van der Waals surface area contributed by atoms with Gasteiger partial charge in [0.15, 0.2) is 3.77 Å². The topological polar surface area (TPSA) is 39.4 Å². The van der Waals surface area contributed by atoms with E-state index in [1.807, 2.05) is 13.0 Å². The fraction of sp³-hybridized carbons (Fsp3) is 0.182. The van der Waals surface area contributed by atoms with Crippen molar-refractivity contribution in [2.75, 3.05) is 7.11 Å². The average Bonchev–Trinajstić information content (AvgIpc) is 2.54. The van der Waals surface area contributed by atoms with Gasteiger partial charge in [-0.1, -0.05) is 6.07 Å². The lowest BCUT2D eigenvalue weighted by Crippen LogP contribution is -2.01. The third kappa shape index (κ3) is 1.62. The highest BCUT2D eigenvalue weighted by molar-refractivity contribution is 14.1. The van der Waals surface area contributed by atoms with Gasteiger partial charge in [0.25, 0.3) is 0 Å². The quantitative estimate of drug-likeness (QED) is 0.599. The summed E-state index contributed by atoms with van der Waals surface area (Å²) in [7, 11) is 1.38. The number of ether oxygens (including phenoxy) is 1. The molecular formula is C11H9IO3. The van der Waals surface area contributed by atoms with Crippen molar-refractivity contribution in [2.24, 2.45) is 0 Å². The van der Waals surface area contributed by atoms with Gasteiger partial charge in [0.1, 0.15) is 5.58 Å². The van der Waals surface area contributed by atoms with E-state index in [0.29, 0.717) is 5.56 Å². The zero-order chi connectivity index (χ0) is 11.0. The summed E-state index contributed by atoms with van der Waals surface area (Å²) in [5.41, 5.74) is 2.26. The Morgan fingerprint density at radius 1 is 1.47 bits per heavy atom. The van der Waals surface area contributed by atoms with Gasteiger partial charge < -0.3 is 9.15 Å². The van der Waals surface area contributed by atoms with Crippen LogP contribution in [0.1, 0.15) is 15.9 Å². The maximum atomic E-state index is 11.5. The van der Waals surface area contributed by atoms with E-state index in [0.717, 1.165) is 20.3 Å². The summed E-state index contributed by atoms with van der Waals surface area (Å²) >= 11 is 2.11. The molecule has 3 nitrogen and oxygen atoms in total. The summed E-state index contributed by atoms with van der Waals surface area (Å²) < 4.78 is 11.0. The van der Waals surface area contributed by atoms with Crippen molar-refractivity contribution in [2.45, 2.75) is 6.92 Å². The van der Waals surface area contributed by atoms with Crippen LogP contribution in [-0.2, 0) is 4.74 Å². The lowest BCUT2D eigenvalue weighted by Gasteiger charge is -2.00. The summed E-state index contributed by atoms with van der Waals surface area (Å²) in [4.78, 5) is 11.5. The van der Waals surface area contributed by atoms with E-state index in [-0.39, 0.29) is 5.97 Å². The van der Waals surface area contributed by atoms with E-state index in [1.54, 1.807) is 12.1 Å². The summed E-state index contributed by atoms with van der Waals surface area (Å²) in [6, 6.07) is 5.37. The number of fused-ring (bicyclic) bond motifs is 1. The molecule has 1 aromatic carbocycles. The SMILES string of the molecule is COC(=O)c1cccc2oc(I)c(C)c12. The van der Waals surface area contributed by atoms with Crippen molar-refractivity contribution in [1.29, 1.82) is 0 Å². The second-order valence-electron chi connectivity index (χ2n) is 3.17. The van der Waals surface area contributed by atoms with E-state index in [9.17, 15) is 4.79 Å². The van der Waals surface area contributed by atoms with E-state index >= 15 is 0 Å². The molecule has 0 aliphatic rings. The first-order valence-corrected chi connectivity index (χ1v) is 5.49. The van der Waals surface area contributed by atoms with Gasteiger partial charge in [-0.15, -0.1) is 0 Å². The Morgan fingerprint density at radius 2 is 2.20 bits per heavy atom. The molecule has 0 saturated heterocycles. The number of carbonyl (C=O) groups excluding carboxylic acids is 1. The molecule has 4 heteroatoms. The maximum Gasteiger partial charge on any atom is 0.338 e. The Bertz CT molecular complexity index is 528. The minimum atomic E-state index is -0.332. The number of carbonyl (C=O) groups is 1. The van der Waals surface area contributed by atoms with Gasteiger partial charge in [-0.3, -0.25) is 0 Å². The molecule has 0 atom stereocenters. The predicted octanol–water partition coefficient (Wildman–Crippen LogP) is 3.13. The van der Waals surface area contributed by atoms with Crippen molar-refractivity contribution in [3.05, 3.63) is 33.1 Å². The minimum absolute atomic E-state index is 0.332. The highest BCUT2D eigenvalue weighted by Crippen LogP contribution is 2.29. The van der Waals surface area contributed by atoms with Gasteiger partial charge in [-0.2, -0.15) is 0 Å². The van der Waals surface area contributed by atoms with Crippen LogP contribution in [0, 0.1) is 10.7 Å². The standard InChI is InChI=1S/C11H9IO3/c1-6-9-7(11(13)14-2)4-3-5-8(9)15-10(6)12/h3-5H,1-2H3. The molecule has 0 saturated carbocycles. The van der Waals surface area contributed by atoms with Crippen LogP contribution in [0.15, 0.2) is 22.6 Å². The number of esters is 1. The molecule has 0 unspecified atom stereocenters. The molecule has 0 amide bonds. The first-order chi connectivity index (χ1) is 7.15. The Kier molecular flexibility index (Phi) is 2.68. The van der Waals surface area contributed by atoms with Crippen molar-refractivity contribution in [3.8, 4) is 0 Å². The smallest absolute Gasteiger partial charge is 0.338 e. The van der Waals surface area contributed by atoms with Crippen molar-refractivity contribution >= 4 is 39.5 Å². The maximum absolute atomic E-state index is 11.5. The number of benzene rings is 1. The average molecular weight is 316 g/mol. The van der Waals surface area contributed by atoms with Crippen LogP contribution in [0.3, 0.4) is 0 Å². The zero-order valence-corrected chi connectivity index (χ0v) is 10.5. The molecule has 0 fully saturated rings. The second-order valence-corrected chi connectivity index (χ2v) is 4.15. The number of rotatable bonds is 1. The fourth-order valence-corrected chi connectivity index (χ4v) is 2.06. The molecule has 78 valence electrons. The van der Waals surface area contributed by atoms with Gasteiger partial charge in [0.2, 0.25) is 0 Å². The Labute approximate surface area is 101 Å². The third-order valence-corrected chi connectivity index (χ3v) is 3.33. The molecule has 2 rings (SSSR count). The lowest BCUT2D eigenvalue weighted by atomic mass is 10.1. The summed E-state index contributed by atoms with van der Waals surface area (Å²) in [5.74, 6) is -0.332. The van der Waals surface area contributed by atoms with E-state index in [1.165, 1.54) is 7.11 Å². The van der Waals surface area contributed by atoms with Crippen LogP contribution in [0.2, 0.25) is 0 Å². The van der Waals surface area contributed by atoms with Gasteiger partial charge >= 0.3 is 5.97 Å². The number of hydrogen-bond acceptors (Lipinski definition) is 3. The van der Waals surface area contributed by atoms with Gasteiger partial charge in [-0.05, 0) is 41.6 Å². The van der Waals surface area contributed by atoms with E-state index < -0.39 is 0 Å². The second kappa shape index (κ2) is 3.84. The number of halogens is 1. The predicted molar refractivity (Wildman–Crippen MR) is 65.0 cm³/mol. The monoisotopic (exact) mass is 316 g/mol. The van der Waals surface area contributed by atoms with Crippen LogP contribution < -0.4 is 0 Å². The Hall–Kier alpha value is -1.04. The van der Waals surface area contributed by atoms with Crippen LogP contribution >= 0.6 is 22.6 Å². The zero-order valence-electron chi connectivity index (χ0n) is 8.33. The number of aryl methyl sites for hydroxylation is 1. The van der Waals surface area contributed by atoms with Crippen LogP contribution in [-0.4, -0.2) is 13.1 Å². The molecular weight excluding hydrogens is 307 g/mol. The van der Waals surface area contributed by atoms with Gasteiger partial charge in [-0.25, -0.2) is 4.79 Å². The molecule has 0 aliphatic heterocycles. The molecule has 0 N–H and O–H groups in total. The third-order valence-electron chi connectivity index (χ3n) is 2.30. The molecule has 0 spiro atoms. The molecule has 1 heterocycles. The van der Waals surface area contributed by atoms with Crippen molar-refractivity contribution in [1.82, 2.24) is 0 Å². The molecule has 1 aromatic heterocycles. The largest absolute Gasteiger partial charge is 0.465 e. The summed E-state index contributed by atoms with van der Waals surface area (Å²) in [6.07, 6.45) is 0.